The molecule has 0 atom stereocenters. The van der Waals surface area contributed by atoms with Crippen molar-refractivity contribution in [3.05, 3.63) is 17.8 Å². The van der Waals surface area contributed by atoms with E-state index in [0.29, 0.717) is 12.6 Å². The van der Waals surface area contributed by atoms with Gasteiger partial charge in [0.25, 0.3) is 0 Å². The van der Waals surface area contributed by atoms with Crippen LogP contribution in [-0.2, 0) is 22.4 Å². The van der Waals surface area contributed by atoms with Gasteiger partial charge in [0.1, 0.15) is 5.76 Å². The van der Waals surface area contributed by atoms with Crippen LogP contribution in [-0.4, -0.2) is 30.0 Å². The predicted octanol–water partition coefficient (Wildman–Crippen LogP) is 2.01. The maximum atomic E-state index is 5.73. The Hall–Kier alpha value is -0.910. The molecule has 1 aliphatic heterocycles. The molecule has 3 rings (SSSR count). The highest BCUT2D eigenvalue weighted by atomic mass is 16.7. The second-order valence-electron chi connectivity index (χ2n) is 5.34. The third-order valence-electron chi connectivity index (χ3n) is 4.05. The van der Waals surface area contributed by atoms with E-state index in [0.717, 1.165) is 57.0 Å². The summed E-state index contributed by atoms with van der Waals surface area (Å²) in [6.45, 7) is 4.27. The maximum absolute atomic E-state index is 5.73. The average molecular weight is 266 g/mol. The first-order valence-corrected chi connectivity index (χ1v) is 7.24. The van der Waals surface area contributed by atoms with Gasteiger partial charge in [0.15, 0.2) is 5.79 Å². The summed E-state index contributed by atoms with van der Waals surface area (Å²) in [5.41, 5.74) is 0. The van der Waals surface area contributed by atoms with Gasteiger partial charge in [-0.2, -0.15) is 0 Å². The van der Waals surface area contributed by atoms with E-state index in [9.17, 15) is 0 Å². The Morgan fingerprint density at radius 3 is 2.68 bits per heavy atom. The van der Waals surface area contributed by atoms with E-state index < -0.39 is 0 Å². The van der Waals surface area contributed by atoms with Crippen molar-refractivity contribution in [1.82, 2.24) is 10.3 Å². The van der Waals surface area contributed by atoms with E-state index in [2.05, 4.69) is 17.2 Å². The summed E-state index contributed by atoms with van der Waals surface area (Å²) in [5, 5.41) is 3.51. The van der Waals surface area contributed by atoms with Gasteiger partial charge in [-0.05, 0) is 12.8 Å². The van der Waals surface area contributed by atoms with Crippen molar-refractivity contribution in [2.75, 3.05) is 13.2 Å². The molecule has 1 saturated carbocycles. The molecule has 2 aliphatic rings. The molecule has 1 aromatic rings. The number of aryl methyl sites for hydroxylation is 1. The lowest BCUT2D eigenvalue weighted by Gasteiger charge is -2.35. The molecule has 2 fully saturated rings. The molecular formula is C14H22N2O3. The van der Waals surface area contributed by atoms with Crippen LogP contribution in [0.4, 0.5) is 0 Å². The molecule has 0 bridgehead atoms. The van der Waals surface area contributed by atoms with Crippen molar-refractivity contribution >= 4 is 0 Å². The monoisotopic (exact) mass is 266 g/mol. The summed E-state index contributed by atoms with van der Waals surface area (Å²) in [5.74, 6) is 1.47. The Labute approximate surface area is 113 Å². The zero-order chi connectivity index (χ0) is 13.1. The number of nitrogens with zero attached hydrogens (tertiary/aromatic N) is 1. The minimum Gasteiger partial charge on any atom is -0.444 e. The van der Waals surface area contributed by atoms with Crippen molar-refractivity contribution in [3.8, 4) is 0 Å². The molecule has 0 amide bonds. The summed E-state index contributed by atoms with van der Waals surface area (Å²) in [6, 6.07) is 0.510. The second-order valence-corrected chi connectivity index (χ2v) is 5.34. The van der Waals surface area contributed by atoms with Crippen molar-refractivity contribution < 1.29 is 13.9 Å². The summed E-state index contributed by atoms with van der Waals surface area (Å²) in [6.07, 6.45) is 6.84. The molecule has 0 radical (unpaired) electrons. The van der Waals surface area contributed by atoms with Gasteiger partial charge in [-0.25, -0.2) is 4.98 Å². The minimum absolute atomic E-state index is 0.267. The van der Waals surface area contributed by atoms with Crippen LogP contribution in [0.15, 0.2) is 10.6 Å². The molecule has 5 nitrogen and oxygen atoms in total. The Morgan fingerprint density at radius 2 is 2.05 bits per heavy atom. The van der Waals surface area contributed by atoms with Gasteiger partial charge in [0.05, 0.1) is 26.0 Å². The van der Waals surface area contributed by atoms with Gasteiger partial charge in [-0.3, -0.25) is 0 Å². The molecule has 2 heterocycles. The number of aromatic nitrogens is 1. The summed E-state index contributed by atoms with van der Waals surface area (Å²) in [7, 11) is 0. The quantitative estimate of drug-likeness (QED) is 0.903. The first-order chi connectivity index (χ1) is 9.30. The van der Waals surface area contributed by atoms with Crippen molar-refractivity contribution in [1.29, 1.82) is 0 Å². The lowest BCUT2D eigenvalue weighted by atomic mass is 9.90. The molecular weight excluding hydrogens is 244 g/mol. The minimum atomic E-state index is -0.267. The third-order valence-corrected chi connectivity index (χ3v) is 4.05. The SMILES string of the molecule is CCc1cnc(CNC2CCC3(CC2)OCCO3)o1. The molecule has 5 heteroatoms. The van der Waals surface area contributed by atoms with Crippen molar-refractivity contribution in [2.45, 2.75) is 57.4 Å². The zero-order valence-electron chi connectivity index (χ0n) is 11.5. The number of rotatable bonds is 4. The van der Waals surface area contributed by atoms with Crippen molar-refractivity contribution in [3.63, 3.8) is 0 Å². The fraction of sp³-hybridized carbons (Fsp3) is 0.786. The third kappa shape index (κ3) is 2.99. The van der Waals surface area contributed by atoms with E-state index in [4.69, 9.17) is 13.9 Å². The van der Waals surface area contributed by atoms with Gasteiger partial charge < -0.3 is 19.2 Å². The van der Waals surface area contributed by atoms with E-state index in [1.807, 2.05) is 6.20 Å². The van der Waals surface area contributed by atoms with Crippen LogP contribution >= 0.6 is 0 Å². The molecule has 19 heavy (non-hydrogen) atoms. The molecule has 1 N–H and O–H groups in total. The summed E-state index contributed by atoms with van der Waals surface area (Å²) < 4.78 is 17.1. The van der Waals surface area contributed by atoms with Gasteiger partial charge >= 0.3 is 0 Å². The average Bonchev–Trinajstić information content (AvgIpc) is 3.08. The predicted molar refractivity (Wildman–Crippen MR) is 69.6 cm³/mol. The Bertz CT molecular complexity index is 403. The Balaban J connectivity index is 1.44. The van der Waals surface area contributed by atoms with Gasteiger partial charge in [-0.1, -0.05) is 6.92 Å². The van der Waals surface area contributed by atoms with Crippen LogP contribution in [0, 0.1) is 0 Å². The van der Waals surface area contributed by atoms with Crippen molar-refractivity contribution in [2.24, 2.45) is 0 Å². The molecule has 0 aromatic carbocycles. The second kappa shape index (κ2) is 5.61. The lowest BCUT2D eigenvalue weighted by Crippen LogP contribution is -2.41. The van der Waals surface area contributed by atoms with Crippen LogP contribution < -0.4 is 5.32 Å². The Morgan fingerprint density at radius 1 is 1.32 bits per heavy atom. The zero-order valence-corrected chi connectivity index (χ0v) is 11.5. The topological polar surface area (TPSA) is 56.5 Å². The number of oxazole rings is 1. The standard InChI is InChI=1S/C14H22N2O3/c1-2-12-9-16-13(19-12)10-15-11-3-5-14(6-4-11)17-7-8-18-14/h9,11,15H,2-8,10H2,1H3. The van der Waals surface area contributed by atoms with Crippen LogP contribution in [0.25, 0.3) is 0 Å². The van der Waals surface area contributed by atoms with Crippen LogP contribution in [0.5, 0.6) is 0 Å². The molecule has 1 aliphatic carbocycles. The highest BCUT2D eigenvalue weighted by molar-refractivity contribution is 4.94. The lowest BCUT2D eigenvalue weighted by molar-refractivity contribution is -0.179. The molecule has 1 spiro atoms. The number of ether oxygens (including phenoxy) is 2. The van der Waals surface area contributed by atoms with E-state index in [1.54, 1.807) is 0 Å². The molecule has 1 aromatic heterocycles. The Kier molecular flexibility index (Phi) is 3.86. The fourth-order valence-electron chi connectivity index (χ4n) is 2.87. The summed E-state index contributed by atoms with van der Waals surface area (Å²) in [4.78, 5) is 4.26. The van der Waals surface area contributed by atoms with Crippen LogP contribution in [0.1, 0.15) is 44.3 Å². The van der Waals surface area contributed by atoms with Gasteiger partial charge in [0.2, 0.25) is 5.89 Å². The van der Waals surface area contributed by atoms with E-state index in [1.165, 1.54) is 0 Å². The number of nitrogens with one attached hydrogen (secondary N) is 1. The smallest absolute Gasteiger partial charge is 0.208 e. The highest BCUT2D eigenvalue weighted by Gasteiger charge is 2.40. The van der Waals surface area contributed by atoms with Gasteiger partial charge in [-0.15, -0.1) is 0 Å². The summed E-state index contributed by atoms with van der Waals surface area (Å²) >= 11 is 0. The normalized spacial score (nSPS) is 23.2. The largest absolute Gasteiger partial charge is 0.444 e. The molecule has 0 unspecified atom stereocenters. The number of hydrogen-bond acceptors (Lipinski definition) is 5. The molecule has 106 valence electrons. The molecule has 1 saturated heterocycles. The number of hydrogen-bond donors (Lipinski definition) is 1. The highest BCUT2D eigenvalue weighted by Crippen LogP contribution is 2.35. The van der Waals surface area contributed by atoms with Gasteiger partial charge in [0, 0.05) is 25.3 Å². The first kappa shape index (κ1) is 13.1. The fourth-order valence-corrected chi connectivity index (χ4v) is 2.87. The van der Waals surface area contributed by atoms with E-state index >= 15 is 0 Å². The first-order valence-electron chi connectivity index (χ1n) is 7.24. The van der Waals surface area contributed by atoms with Crippen LogP contribution in [0.3, 0.4) is 0 Å². The van der Waals surface area contributed by atoms with Crippen LogP contribution in [0.2, 0.25) is 0 Å². The maximum Gasteiger partial charge on any atom is 0.208 e. The van der Waals surface area contributed by atoms with E-state index in [-0.39, 0.29) is 5.79 Å².